The van der Waals surface area contributed by atoms with Gasteiger partial charge in [0, 0.05) is 20.3 Å². The van der Waals surface area contributed by atoms with E-state index in [1.807, 2.05) is 38.1 Å². The second-order valence-electron chi connectivity index (χ2n) is 3.66. The highest BCUT2D eigenvalue weighted by molar-refractivity contribution is 5.85. The Labute approximate surface area is 101 Å². The van der Waals surface area contributed by atoms with Crippen LogP contribution in [-0.2, 0) is 20.6 Å². The number of aromatic nitrogens is 4. The summed E-state index contributed by atoms with van der Waals surface area (Å²) in [5.41, 5.74) is 3.23. The van der Waals surface area contributed by atoms with Crippen LogP contribution in [0.25, 0.3) is 0 Å². The number of nitrogens with zero attached hydrogens (tertiary/aromatic N) is 4. The number of hydrogen-bond donors (Lipinski definition) is 1. The van der Waals surface area contributed by atoms with Crippen LogP contribution in [-0.4, -0.2) is 19.6 Å². The lowest BCUT2D eigenvalue weighted by atomic mass is 10.3. The quantitative estimate of drug-likeness (QED) is 0.886. The summed E-state index contributed by atoms with van der Waals surface area (Å²) < 4.78 is 3.66. The minimum absolute atomic E-state index is 0. The Balaban J connectivity index is 0.00000128. The van der Waals surface area contributed by atoms with Crippen molar-refractivity contribution >= 4 is 18.1 Å². The first kappa shape index (κ1) is 12.6. The Morgan fingerprint density at radius 3 is 2.62 bits per heavy atom. The third-order valence-corrected chi connectivity index (χ3v) is 2.28. The molecule has 0 aromatic carbocycles. The summed E-state index contributed by atoms with van der Waals surface area (Å²) in [6.07, 6.45) is 3.76. The smallest absolute Gasteiger partial charge is 0.0729 e. The normalized spacial score (nSPS) is 9.94. The van der Waals surface area contributed by atoms with Crippen molar-refractivity contribution in [1.82, 2.24) is 19.6 Å². The van der Waals surface area contributed by atoms with Gasteiger partial charge in [0.1, 0.15) is 0 Å². The molecule has 16 heavy (non-hydrogen) atoms. The molecule has 1 N–H and O–H groups in total. The van der Waals surface area contributed by atoms with E-state index < -0.39 is 0 Å². The topological polar surface area (TPSA) is 47.7 Å². The molecule has 0 aliphatic heterocycles. The van der Waals surface area contributed by atoms with Crippen LogP contribution in [0.2, 0.25) is 0 Å². The SMILES string of the molecule is Cc1cc(CNc2cnn(C)c2)n(C)n1.Cl. The van der Waals surface area contributed by atoms with Gasteiger partial charge in [-0.15, -0.1) is 12.4 Å². The van der Waals surface area contributed by atoms with Crippen LogP contribution in [0, 0.1) is 6.92 Å². The molecule has 0 atom stereocenters. The van der Waals surface area contributed by atoms with Crippen molar-refractivity contribution in [2.75, 3.05) is 5.32 Å². The molecule has 0 saturated heterocycles. The minimum Gasteiger partial charge on any atom is -0.377 e. The van der Waals surface area contributed by atoms with Crippen LogP contribution in [0.1, 0.15) is 11.4 Å². The second kappa shape index (κ2) is 5.03. The molecule has 0 unspecified atom stereocenters. The predicted molar refractivity (Wildman–Crippen MR) is 65.7 cm³/mol. The monoisotopic (exact) mass is 241 g/mol. The molecule has 0 aliphatic carbocycles. The predicted octanol–water partition coefficient (Wildman–Crippen LogP) is 1.50. The Bertz CT molecular complexity index is 459. The van der Waals surface area contributed by atoms with E-state index >= 15 is 0 Å². The lowest BCUT2D eigenvalue weighted by molar-refractivity contribution is 0.713. The maximum absolute atomic E-state index is 4.28. The molecule has 0 amide bonds. The minimum atomic E-state index is 0. The number of hydrogen-bond acceptors (Lipinski definition) is 3. The molecule has 5 nitrogen and oxygen atoms in total. The highest BCUT2D eigenvalue weighted by Crippen LogP contribution is 2.07. The van der Waals surface area contributed by atoms with E-state index in [1.165, 1.54) is 0 Å². The molecule has 0 fully saturated rings. The average molecular weight is 242 g/mol. The van der Waals surface area contributed by atoms with E-state index in [1.54, 1.807) is 4.68 Å². The largest absolute Gasteiger partial charge is 0.377 e. The Morgan fingerprint density at radius 2 is 2.12 bits per heavy atom. The van der Waals surface area contributed by atoms with Crippen molar-refractivity contribution in [1.29, 1.82) is 0 Å². The molecule has 0 saturated carbocycles. The van der Waals surface area contributed by atoms with E-state index in [0.29, 0.717) is 0 Å². The lowest BCUT2D eigenvalue weighted by Gasteiger charge is -2.03. The lowest BCUT2D eigenvalue weighted by Crippen LogP contribution is -2.04. The number of halogens is 1. The molecule has 2 aromatic heterocycles. The Hall–Kier alpha value is -1.49. The van der Waals surface area contributed by atoms with Crippen LogP contribution in [0.5, 0.6) is 0 Å². The highest BCUT2D eigenvalue weighted by Gasteiger charge is 2.02. The van der Waals surface area contributed by atoms with Crippen LogP contribution in [0.3, 0.4) is 0 Å². The van der Waals surface area contributed by atoms with Crippen molar-refractivity contribution in [2.45, 2.75) is 13.5 Å². The first-order valence-electron chi connectivity index (χ1n) is 4.87. The van der Waals surface area contributed by atoms with Gasteiger partial charge in [0.15, 0.2) is 0 Å². The Kier molecular flexibility index (Phi) is 3.95. The highest BCUT2D eigenvalue weighted by atomic mass is 35.5. The molecule has 88 valence electrons. The third-order valence-electron chi connectivity index (χ3n) is 2.28. The summed E-state index contributed by atoms with van der Waals surface area (Å²) in [6.45, 7) is 2.76. The summed E-state index contributed by atoms with van der Waals surface area (Å²) in [6, 6.07) is 2.07. The second-order valence-corrected chi connectivity index (χ2v) is 3.66. The standard InChI is InChI=1S/C10H15N5.ClH/c1-8-4-10(15(3)13-8)6-11-9-5-12-14(2)7-9;/h4-5,7,11H,6H2,1-3H3;1H. The van der Waals surface area contributed by atoms with E-state index in [-0.39, 0.29) is 12.4 Å². The average Bonchev–Trinajstić information content (AvgIpc) is 2.70. The van der Waals surface area contributed by atoms with Gasteiger partial charge in [-0.2, -0.15) is 10.2 Å². The molecule has 6 heteroatoms. The van der Waals surface area contributed by atoms with E-state index in [4.69, 9.17) is 0 Å². The van der Waals surface area contributed by atoms with Gasteiger partial charge in [-0.05, 0) is 13.0 Å². The zero-order valence-electron chi connectivity index (χ0n) is 9.64. The fraction of sp³-hybridized carbons (Fsp3) is 0.400. The zero-order chi connectivity index (χ0) is 10.8. The van der Waals surface area contributed by atoms with Gasteiger partial charge in [0.05, 0.1) is 29.8 Å². The van der Waals surface area contributed by atoms with Crippen LogP contribution in [0.4, 0.5) is 5.69 Å². The van der Waals surface area contributed by atoms with Gasteiger partial charge in [-0.1, -0.05) is 0 Å². The van der Waals surface area contributed by atoms with Gasteiger partial charge in [0.2, 0.25) is 0 Å². The zero-order valence-corrected chi connectivity index (χ0v) is 10.5. The molecule has 0 spiro atoms. The number of nitrogens with one attached hydrogen (secondary N) is 1. The summed E-state index contributed by atoms with van der Waals surface area (Å²) in [5.74, 6) is 0. The van der Waals surface area contributed by atoms with Gasteiger partial charge in [-0.25, -0.2) is 0 Å². The molecule has 0 bridgehead atoms. The molecular weight excluding hydrogens is 226 g/mol. The van der Waals surface area contributed by atoms with Crippen LogP contribution >= 0.6 is 12.4 Å². The first-order chi connectivity index (χ1) is 7.15. The molecule has 2 aromatic rings. The molecule has 2 rings (SSSR count). The van der Waals surface area contributed by atoms with Crippen molar-refractivity contribution in [3.63, 3.8) is 0 Å². The first-order valence-corrected chi connectivity index (χ1v) is 4.87. The molecule has 0 radical (unpaired) electrons. The van der Waals surface area contributed by atoms with Crippen molar-refractivity contribution in [2.24, 2.45) is 14.1 Å². The summed E-state index contributed by atoms with van der Waals surface area (Å²) in [7, 11) is 3.85. The van der Waals surface area contributed by atoms with Gasteiger partial charge in [-0.3, -0.25) is 9.36 Å². The molecular formula is C10H16ClN5. The van der Waals surface area contributed by atoms with Crippen LogP contribution < -0.4 is 5.32 Å². The van der Waals surface area contributed by atoms with Gasteiger partial charge >= 0.3 is 0 Å². The van der Waals surface area contributed by atoms with E-state index in [0.717, 1.165) is 23.6 Å². The summed E-state index contributed by atoms with van der Waals surface area (Å²) >= 11 is 0. The summed E-state index contributed by atoms with van der Waals surface area (Å²) in [4.78, 5) is 0. The Morgan fingerprint density at radius 1 is 1.38 bits per heavy atom. The van der Waals surface area contributed by atoms with E-state index in [9.17, 15) is 0 Å². The fourth-order valence-corrected chi connectivity index (χ4v) is 1.53. The van der Waals surface area contributed by atoms with E-state index in [2.05, 4.69) is 21.6 Å². The van der Waals surface area contributed by atoms with Gasteiger partial charge < -0.3 is 5.32 Å². The maximum atomic E-state index is 4.28. The molecule has 0 aliphatic rings. The summed E-state index contributed by atoms with van der Waals surface area (Å²) in [5, 5.41) is 11.7. The van der Waals surface area contributed by atoms with Crippen LogP contribution in [0.15, 0.2) is 18.5 Å². The third kappa shape index (κ3) is 2.76. The van der Waals surface area contributed by atoms with Gasteiger partial charge in [0.25, 0.3) is 0 Å². The number of aryl methyl sites for hydroxylation is 3. The molecule has 2 heterocycles. The van der Waals surface area contributed by atoms with Crippen molar-refractivity contribution in [3.8, 4) is 0 Å². The fourth-order valence-electron chi connectivity index (χ4n) is 1.53. The maximum Gasteiger partial charge on any atom is 0.0729 e. The van der Waals surface area contributed by atoms with Crippen molar-refractivity contribution < 1.29 is 0 Å². The number of anilines is 1. The van der Waals surface area contributed by atoms with Crippen molar-refractivity contribution in [3.05, 3.63) is 29.8 Å². The number of rotatable bonds is 3.